The van der Waals surface area contributed by atoms with E-state index in [1.54, 1.807) is 13.2 Å². The van der Waals surface area contributed by atoms with Crippen molar-refractivity contribution in [2.45, 2.75) is 0 Å². The smallest absolute Gasteiger partial charge is 0.171 e. The monoisotopic (exact) mass is 364 g/mol. The molecule has 0 saturated carbocycles. The molecule has 0 unspecified atom stereocenters. The number of ether oxygens (including phenoxy) is 3. The first-order valence-electron chi connectivity index (χ1n) is 6.69. The summed E-state index contributed by atoms with van der Waals surface area (Å²) in [4.78, 5) is 0. The van der Waals surface area contributed by atoms with E-state index in [4.69, 9.17) is 14.2 Å². The fourth-order valence-electron chi connectivity index (χ4n) is 2.43. The molecule has 0 N–H and O–H groups in total. The van der Waals surface area contributed by atoms with Crippen molar-refractivity contribution >= 4 is 21.5 Å². The fourth-order valence-corrected chi connectivity index (χ4v) is 2.79. The topological polar surface area (TPSA) is 27.7 Å². The molecule has 0 amide bonds. The Bertz CT molecular complexity index is 756. The molecule has 2 aromatic rings. The molecule has 22 heavy (non-hydrogen) atoms. The Kier molecular flexibility index (Phi) is 4.18. The minimum atomic E-state index is -0.453. The molecule has 0 aromatic heterocycles. The van der Waals surface area contributed by atoms with Gasteiger partial charge < -0.3 is 14.2 Å². The summed E-state index contributed by atoms with van der Waals surface area (Å²) >= 11 is 3.46. The Morgan fingerprint density at radius 1 is 1.18 bits per heavy atom. The molecular weight excluding hydrogens is 351 g/mol. The van der Waals surface area contributed by atoms with Crippen molar-refractivity contribution in [1.82, 2.24) is 0 Å². The van der Waals surface area contributed by atoms with Crippen LogP contribution in [-0.2, 0) is 4.74 Å². The van der Waals surface area contributed by atoms with E-state index in [0.29, 0.717) is 23.7 Å². The maximum absolute atomic E-state index is 14.3. The van der Waals surface area contributed by atoms with Crippen LogP contribution in [0.25, 0.3) is 5.57 Å². The highest BCUT2D eigenvalue weighted by atomic mass is 79.9. The van der Waals surface area contributed by atoms with Gasteiger partial charge in [-0.05, 0) is 29.8 Å². The minimum Gasteiger partial charge on any atom is -0.497 e. The zero-order valence-corrected chi connectivity index (χ0v) is 13.7. The number of hydrogen-bond acceptors (Lipinski definition) is 3. The number of hydrogen-bond donors (Lipinski definition) is 0. The highest BCUT2D eigenvalue weighted by Gasteiger charge is 2.26. The maximum Gasteiger partial charge on any atom is 0.171 e. The molecule has 2 aromatic carbocycles. The van der Waals surface area contributed by atoms with Crippen LogP contribution in [0, 0.1) is 5.82 Å². The Balaban J connectivity index is 2.24. The Morgan fingerprint density at radius 2 is 2.00 bits per heavy atom. The fraction of sp³-hybridized carbons (Fsp3) is 0.176. The van der Waals surface area contributed by atoms with Crippen molar-refractivity contribution in [1.29, 1.82) is 0 Å². The van der Waals surface area contributed by atoms with Gasteiger partial charge >= 0.3 is 0 Å². The van der Waals surface area contributed by atoms with Crippen LogP contribution in [0.5, 0.6) is 17.2 Å². The highest BCUT2D eigenvalue weighted by Crippen LogP contribution is 2.46. The third-order valence-corrected chi connectivity index (χ3v) is 3.93. The van der Waals surface area contributed by atoms with Gasteiger partial charge in [0.25, 0.3) is 0 Å². The van der Waals surface area contributed by atoms with E-state index in [0.717, 1.165) is 15.6 Å². The number of rotatable bonds is 3. The molecule has 3 nitrogen and oxygen atoms in total. The lowest BCUT2D eigenvalue weighted by molar-refractivity contribution is 0.234. The molecule has 0 spiro atoms. The van der Waals surface area contributed by atoms with Crippen LogP contribution in [0.4, 0.5) is 4.39 Å². The molecule has 1 aliphatic rings. The second-order valence-electron chi connectivity index (χ2n) is 4.80. The van der Waals surface area contributed by atoms with Crippen LogP contribution in [0.15, 0.2) is 40.9 Å². The summed E-state index contributed by atoms with van der Waals surface area (Å²) in [5.41, 5.74) is 2.39. The van der Waals surface area contributed by atoms with Crippen LogP contribution >= 0.6 is 15.9 Å². The van der Waals surface area contributed by atoms with Gasteiger partial charge in [0, 0.05) is 28.8 Å². The summed E-state index contributed by atoms with van der Waals surface area (Å²) in [6.45, 7) is 0.416. The van der Waals surface area contributed by atoms with E-state index in [1.165, 1.54) is 13.2 Å². The standard InChI is InChI=1S/C17H14BrFO3/c1-20-6-5-12-13-7-10(18)3-4-16(13)22-17-14(12)8-11(21-2)9-15(17)19/h3-5,7-9H,6H2,1-2H3. The number of fused-ring (bicyclic) bond motifs is 2. The SMILES string of the molecule is COCC=C1c2cc(Br)ccc2Oc2c(F)cc(OC)cc21. The third-order valence-electron chi connectivity index (χ3n) is 3.44. The van der Waals surface area contributed by atoms with Crippen molar-refractivity contribution in [2.75, 3.05) is 20.8 Å². The first-order chi connectivity index (χ1) is 10.6. The molecule has 5 heteroatoms. The van der Waals surface area contributed by atoms with Gasteiger partial charge in [0.1, 0.15) is 11.5 Å². The van der Waals surface area contributed by atoms with Gasteiger partial charge in [-0.3, -0.25) is 0 Å². The molecule has 0 fully saturated rings. The first kappa shape index (κ1) is 15.1. The van der Waals surface area contributed by atoms with Crippen molar-refractivity contribution in [2.24, 2.45) is 0 Å². The van der Waals surface area contributed by atoms with Crippen molar-refractivity contribution in [3.63, 3.8) is 0 Å². The largest absolute Gasteiger partial charge is 0.497 e. The van der Waals surface area contributed by atoms with Crippen molar-refractivity contribution < 1.29 is 18.6 Å². The molecule has 114 valence electrons. The van der Waals surface area contributed by atoms with Gasteiger partial charge in [-0.1, -0.05) is 22.0 Å². The van der Waals surface area contributed by atoms with Gasteiger partial charge in [-0.25, -0.2) is 4.39 Å². The highest BCUT2D eigenvalue weighted by molar-refractivity contribution is 9.10. The van der Waals surface area contributed by atoms with E-state index in [1.807, 2.05) is 24.3 Å². The normalized spacial score (nSPS) is 14.3. The van der Waals surface area contributed by atoms with Crippen molar-refractivity contribution in [3.8, 4) is 17.2 Å². The lowest BCUT2D eigenvalue weighted by Gasteiger charge is -2.24. The quantitative estimate of drug-likeness (QED) is 0.669. The molecule has 0 aliphatic carbocycles. The molecule has 0 atom stereocenters. The zero-order chi connectivity index (χ0) is 15.7. The summed E-state index contributed by atoms with van der Waals surface area (Å²) in [6.07, 6.45) is 1.91. The molecule has 1 aliphatic heterocycles. The van der Waals surface area contributed by atoms with Crippen LogP contribution in [-0.4, -0.2) is 20.8 Å². The van der Waals surface area contributed by atoms with E-state index >= 15 is 0 Å². The van der Waals surface area contributed by atoms with E-state index < -0.39 is 5.82 Å². The van der Waals surface area contributed by atoms with Gasteiger partial charge in [0.15, 0.2) is 11.6 Å². The Hall–Kier alpha value is -1.85. The summed E-state index contributed by atoms with van der Waals surface area (Å²) in [6, 6.07) is 8.70. The molecule has 3 rings (SSSR count). The first-order valence-corrected chi connectivity index (χ1v) is 7.48. The lowest BCUT2D eigenvalue weighted by atomic mass is 9.93. The number of halogens is 2. The van der Waals surface area contributed by atoms with Gasteiger partial charge in [0.2, 0.25) is 0 Å². The van der Waals surface area contributed by atoms with Crippen LogP contribution in [0.1, 0.15) is 11.1 Å². The average molecular weight is 365 g/mol. The van der Waals surface area contributed by atoms with Gasteiger partial charge in [0.05, 0.1) is 13.7 Å². The predicted molar refractivity (Wildman–Crippen MR) is 86.1 cm³/mol. The summed E-state index contributed by atoms with van der Waals surface area (Å²) < 4.78 is 31.3. The number of methoxy groups -OCH3 is 2. The maximum atomic E-state index is 14.3. The van der Waals surface area contributed by atoms with Crippen LogP contribution < -0.4 is 9.47 Å². The molecular formula is C17H14BrFO3. The summed E-state index contributed by atoms with van der Waals surface area (Å²) in [5.74, 6) is 0.813. The van der Waals surface area contributed by atoms with E-state index in [-0.39, 0.29) is 5.75 Å². The summed E-state index contributed by atoms with van der Waals surface area (Å²) in [5, 5.41) is 0. The second kappa shape index (κ2) is 6.10. The molecule has 0 saturated heterocycles. The van der Waals surface area contributed by atoms with Gasteiger partial charge in [-0.2, -0.15) is 0 Å². The minimum absolute atomic E-state index is 0.206. The number of benzene rings is 2. The van der Waals surface area contributed by atoms with Crippen LogP contribution in [0.2, 0.25) is 0 Å². The predicted octanol–water partition coefficient (Wildman–Crippen LogP) is 4.78. The summed E-state index contributed by atoms with van der Waals surface area (Å²) in [7, 11) is 3.12. The second-order valence-corrected chi connectivity index (χ2v) is 5.72. The molecule has 1 heterocycles. The Morgan fingerprint density at radius 3 is 2.73 bits per heavy atom. The zero-order valence-electron chi connectivity index (χ0n) is 12.2. The average Bonchev–Trinajstić information content (AvgIpc) is 2.52. The van der Waals surface area contributed by atoms with Crippen molar-refractivity contribution in [3.05, 3.63) is 57.8 Å². The van der Waals surface area contributed by atoms with Crippen LogP contribution in [0.3, 0.4) is 0 Å². The Labute approximate surface area is 136 Å². The van der Waals surface area contributed by atoms with E-state index in [2.05, 4.69) is 15.9 Å². The lowest BCUT2D eigenvalue weighted by Crippen LogP contribution is -2.06. The molecule has 0 radical (unpaired) electrons. The van der Waals surface area contributed by atoms with E-state index in [9.17, 15) is 4.39 Å². The van der Waals surface area contributed by atoms with Gasteiger partial charge in [-0.15, -0.1) is 0 Å². The molecule has 0 bridgehead atoms. The third kappa shape index (κ3) is 2.62.